The zero-order valence-corrected chi connectivity index (χ0v) is 39.0. The van der Waals surface area contributed by atoms with Crippen molar-refractivity contribution in [3.05, 3.63) is 48.6 Å². The second kappa shape index (κ2) is 48.0. The van der Waals surface area contributed by atoms with Crippen LogP contribution in [-0.2, 0) is 28.6 Å². The summed E-state index contributed by atoms with van der Waals surface area (Å²) in [4.78, 5) is 37.9. The fraction of sp³-hybridized carbons (Fsp3) is 0.792. The van der Waals surface area contributed by atoms with E-state index >= 15 is 0 Å². The average molecular weight is 827 g/mol. The Morgan fingerprint density at radius 2 is 0.661 bits per heavy atom. The number of hydrogen-bond acceptors (Lipinski definition) is 6. The molecular formula is C53H94O6. The first-order valence-electron chi connectivity index (χ1n) is 25.1. The SMILES string of the molecule is CC/C=C\C/C=C\C/C=C\CCCCCC(=O)OC(COC(=O)CCCCCCCCC/C=C\CCCCCCCC)COC(=O)CCCCCCCCCCCCC. The van der Waals surface area contributed by atoms with E-state index in [1.165, 1.54) is 128 Å². The Balaban J connectivity index is 4.37. The molecule has 59 heavy (non-hydrogen) atoms. The Morgan fingerprint density at radius 3 is 1.07 bits per heavy atom. The summed E-state index contributed by atoms with van der Waals surface area (Å²) < 4.78 is 16.7. The number of ether oxygens (including phenoxy) is 3. The molecule has 0 aliphatic carbocycles. The molecule has 0 spiro atoms. The van der Waals surface area contributed by atoms with Crippen LogP contribution in [0.15, 0.2) is 48.6 Å². The maximum Gasteiger partial charge on any atom is 0.306 e. The highest BCUT2D eigenvalue weighted by molar-refractivity contribution is 5.71. The van der Waals surface area contributed by atoms with Crippen molar-refractivity contribution in [3.63, 3.8) is 0 Å². The van der Waals surface area contributed by atoms with Crippen LogP contribution < -0.4 is 0 Å². The van der Waals surface area contributed by atoms with Crippen molar-refractivity contribution in [2.24, 2.45) is 0 Å². The van der Waals surface area contributed by atoms with E-state index < -0.39 is 6.10 Å². The van der Waals surface area contributed by atoms with E-state index in [2.05, 4.69) is 69.4 Å². The van der Waals surface area contributed by atoms with E-state index in [-0.39, 0.29) is 31.1 Å². The van der Waals surface area contributed by atoms with Gasteiger partial charge < -0.3 is 14.2 Å². The van der Waals surface area contributed by atoms with Gasteiger partial charge in [0.05, 0.1) is 0 Å². The second-order valence-corrected chi connectivity index (χ2v) is 16.7. The van der Waals surface area contributed by atoms with Gasteiger partial charge >= 0.3 is 17.9 Å². The highest BCUT2D eigenvalue weighted by Gasteiger charge is 2.19. The van der Waals surface area contributed by atoms with Crippen LogP contribution in [0.4, 0.5) is 0 Å². The molecule has 6 nitrogen and oxygen atoms in total. The zero-order chi connectivity index (χ0) is 43.0. The molecule has 0 amide bonds. The number of carbonyl (C=O) groups is 3. The predicted octanol–water partition coefficient (Wildman–Crippen LogP) is 16.3. The van der Waals surface area contributed by atoms with Crippen molar-refractivity contribution in [3.8, 4) is 0 Å². The van der Waals surface area contributed by atoms with Crippen LogP contribution in [0.2, 0.25) is 0 Å². The predicted molar refractivity (Wildman–Crippen MR) is 252 cm³/mol. The van der Waals surface area contributed by atoms with Crippen LogP contribution in [0, 0.1) is 0 Å². The lowest BCUT2D eigenvalue weighted by atomic mass is 10.1. The molecule has 0 bridgehead atoms. The molecule has 1 atom stereocenters. The van der Waals surface area contributed by atoms with Gasteiger partial charge in [-0.25, -0.2) is 0 Å². The summed E-state index contributed by atoms with van der Waals surface area (Å²) in [6.45, 7) is 6.49. The largest absolute Gasteiger partial charge is 0.462 e. The third-order valence-electron chi connectivity index (χ3n) is 10.8. The molecule has 1 unspecified atom stereocenters. The Hall–Kier alpha value is -2.63. The highest BCUT2D eigenvalue weighted by atomic mass is 16.6. The zero-order valence-electron chi connectivity index (χ0n) is 39.0. The third-order valence-corrected chi connectivity index (χ3v) is 10.8. The van der Waals surface area contributed by atoms with Crippen LogP contribution in [0.3, 0.4) is 0 Å². The van der Waals surface area contributed by atoms with Gasteiger partial charge in [0, 0.05) is 19.3 Å². The van der Waals surface area contributed by atoms with Crippen molar-refractivity contribution in [2.45, 2.75) is 258 Å². The first-order chi connectivity index (χ1) is 29.0. The summed E-state index contributed by atoms with van der Waals surface area (Å²) in [7, 11) is 0. The van der Waals surface area contributed by atoms with Gasteiger partial charge in [0.1, 0.15) is 13.2 Å². The van der Waals surface area contributed by atoms with E-state index in [1.807, 2.05) is 0 Å². The van der Waals surface area contributed by atoms with Gasteiger partial charge in [-0.1, -0.05) is 204 Å². The third kappa shape index (κ3) is 46.3. The highest BCUT2D eigenvalue weighted by Crippen LogP contribution is 2.15. The van der Waals surface area contributed by atoms with Crippen molar-refractivity contribution in [2.75, 3.05) is 13.2 Å². The monoisotopic (exact) mass is 827 g/mol. The summed E-state index contributed by atoms with van der Waals surface area (Å²) in [6.07, 6.45) is 56.7. The number of hydrogen-bond donors (Lipinski definition) is 0. The van der Waals surface area contributed by atoms with Crippen LogP contribution in [0.1, 0.15) is 252 Å². The van der Waals surface area contributed by atoms with Crippen LogP contribution in [0.5, 0.6) is 0 Å². The Kier molecular flexibility index (Phi) is 45.9. The molecule has 0 fully saturated rings. The average Bonchev–Trinajstić information content (AvgIpc) is 3.23. The summed E-state index contributed by atoms with van der Waals surface area (Å²) in [5, 5.41) is 0. The Bertz CT molecular complexity index is 1040. The van der Waals surface area contributed by atoms with Gasteiger partial charge in [-0.05, 0) is 77.0 Å². The van der Waals surface area contributed by atoms with Gasteiger partial charge in [0.25, 0.3) is 0 Å². The molecule has 0 aromatic heterocycles. The lowest BCUT2D eigenvalue weighted by Crippen LogP contribution is -2.30. The quantitative estimate of drug-likeness (QED) is 0.0263. The summed E-state index contributed by atoms with van der Waals surface area (Å²) in [6, 6.07) is 0. The number of rotatable bonds is 45. The Labute approximate surface area is 365 Å². The number of unbranched alkanes of at least 4 members (excludes halogenated alkanes) is 26. The standard InChI is InChI=1S/C53H94O6/c1-4-7-10-13-16-19-22-24-25-26-27-29-31-34-37-40-43-46-52(55)58-49-50(48-57-51(54)45-42-39-36-33-30-21-18-15-12-9-6-3)59-53(56)47-44-41-38-35-32-28-23-20-17-14-11-8-5-2/h8,11,17,20,24-25,28,32,50H,4-7,9-10,12-16,18-19,21-23,26-27,29-31,33-49H2,1-3H3/b11-8-,20-17-,25-24-,32-28-. The fourth-order valence-corrected chi connectivity index (χ4v) is 7.04. The Morgan fingerprint density at radius 1 is 0.356 bits per heavy atom. The lowest BCUT2D eigenvalue weighted by Gasteiger charge is -2.18. The second-order valence-electron chi connectivity index (χ2n) is 16.7. The summed E-state index contributed by atoms with van der Waals surface area (Å²) in [5.74, 6) is -0.914. The van der Waals surface area contributed by atoms with Crippen molar-refractivity contribution < 1.29 is 28.6 Å². The van der Waals surface area contributed by atoms with E-state index in [0.717, 1.165) is 83.5 Å². The smallest absolute Gasteiger partial charge is 0.306 e. The normalized spacial score (nSPS) is 12.4. The number of allylic oxidation sites excluding steroid dienone is 8. The molecule has 0 heterocycles. The van der Waals surface area contributed by atoms with E-state index in [1.54, 1.807) is 0 Å². The van der Waals surface area contributed by atoms with Crippen LogP contribution >= 0.6 is 0 Å². The van der Waals surface area contributed by atoms with E-state index in [0.29, 0.717) is 19.3 Å². The molecule has 0 radical (unpaired) electrons. The summed E-state index contributed by atoms with van der Waals surface area (Å²) >= 11 is 0. The first-order valence-corrected chi connectivity index (χ1v) is 25.1. The minimum Gasteiger partial charge on any atom is -0.462 e. The minimum absolute atomic E-state index is 0.0844. The van der Waals surface area contributed by atoms with Gasteiger partial charge in [-0.2, -0.15) is 0 Å². The molecule has 0 N–H and O–H groups in total. The molecule has 0 aliphatic heterocycles. The van der Waals surface area contributed by atoms with Gasteiger partial charge in [-0.3, -0.25) is 14.4 Å². The molecule has 6 heteroatoms. The minimum atomic E-state index is -0.786. The molecule has 0 aromatic carbocycles. The van der Waals surface area contributed by atoms with Crippen LogP contribution in [-0.4, -0.2) is 37.2 Å². The maximum absolute atomic E-state index is 12.7. The van der Waals surface area contributed by atoms with E-state index in [9.17, 15) is 14.4 Å². The molecule has 0 aromatic rings. The first kappa shape index (κ1) is 56.4. The van der Waals surface area contributed by atoms with Crippen molar-refractivity contribution in [1.29, 1.82) is 0 Å². The molecule has 342 valence electrons. The van der Waals surface area contributed by atoms with E-state index in [4.69, 9.17) is 14.2 Å². The van der Waals surface area contributed by atoms with Gasteiger partial charge in [0.15, 0.2) is 6.10 Å². The topological polar surface area (TPSA) is 78.9 Å². The number of carbonyl (C=O) groups excluding carboxylic acids is 3. The maximum atomic E-state index is 12.7. The van der Waals surface area contributed by atoms with Crippen LogP contribution in [0.25, 0.3) is 0 Å². The van der Waals surface area contributed by atoms with Gasteiger partial charge in [-0.15, -0.1) is 0 Å². The summed E-state index contributed by atoms with van der Waals surface area (Å²) in [5.41, 5.74) is 0. The molecular weight excluding hydrogens is 733 g/mol. The van der Waals surface area contributed by atoms with Gasteiger partial charge in [0.2, 0.25) is 0 Å². The molecule has 0 aliphatic rings. The molecule has 0 saturated carbocycles. The molecule has 0 rings (SSSR count). The number of esters is 3. The van der Waals surface area contributed by atoms with Crippen molar-refractivity contribution >= 4 is 17.9 Å². The molecule has 0 saturated heterocycles. The van der Waals surface area contributed by atoms with Crippen molar-refractivity contribution in [1.82, 2.24) is 0 Å². The lowest BCUT2D eigenvalue weighted by molar-refractivity contribution is -0.167. The fourth-order valence-electron chi connectivity index (χ4n) is 7.04.